The molecule has 0 radical (unpaired) electrons. The van der Waals surface area contributed by atoms with Crippen LogP contribution in [0.1, 0.15) is 84.0 Å². The third-order valence-corrected chi connectivity index (χ3v) is 3.58. The van der Waals surface area contributed by atoms with Gasteiger partial charge in [-0.1, -0.05) is 82.9 Å². The van der Waals surface area contributed by atoms with E-state index >= 15 is 0 Å². The first kappa shape index (κ1) is 22.9. The van der Waals surface area contributed by atoms with Gasteiger partial charge in [0.1, 0.15) is 0 Å². The van der Waals surface area contributed by atoms with Crippen LogP contribution < -0.4 is 41.0 Å². The zero-order valence-electron chi connectivity index (χ0n) is 14.0. The van der Waals surface area contributed by atoms with Gasteiger partial charge in [-0.3, -0.25) is 6.42 Å². The molecule has 0 spiro atoms. The molecule has 0 fully saturated rings. The first-order chi connectivity index (χ1) is 9.12. The summed E-state index contributed by atoms with van der Waals surface area (Å²) < 4.78 is 0. The largest absolute Gasteiger partial charge is 1.00 e. The summed E-state index contributed by atoms with van der Waals surface area (Å²) in [5.74, 6) is 0. The van der Waals surface area contributed by atoms with Gasteiger partial charge in [0.2, 0.25) is 0 Å². The van der Waals surface area contributed by atoms with Gasteiger partial charge in [-0.2, -0.15) is 6.42 Å². The normalized spacial score (nSPS) is 11.2. The maximum absolute atomic E-state index is 5.90. The molecule has 0 saturated heterocycles. The van der Waals surface area contributed by atoms with Gasteiger partial charge in [0.25, 0.3) is 0 Å². The molecule has 0 aliphatic carbocycles. The zero-order valence-corrected chi connectivity index (χ0v) is 16.0. The molecule has 0 aromatic rings. The predicted octanol–water partition coefficient (Wildman–Crippen LogP) is 1.70. The molecule has 0 rings (SSSR count). The van der Waals surface area contributed by atoms with Crippen LogP contribution in [0.25, 0.3) is 0 Å². The molecule has 2 nitrogen and oxygen atoms in total. The van der Waals surface area contributed by atoms with Crippen LogP contribution in [0.3, 0.4) is 0 Å². The molecule has 0 amide bonds. The summed E-state index contributed by atoms with van der Waals surface area (Å²) in [6.07, 6.45) is 19.2. The fourth-order valence-electron chi connectivity index (χ4n) is 2.34. The van der Waals surface area contributed by atoms with Crippen LogP contribution in [0.15, 0.2) is 12.7 Å². The van der Waals surface area contributed by atoms with E-state index in [0.29, 0.717) is 6.42 Å². The minimum Gasteiger partial charge on any atom is -0.341 e. The smallest absolute Gasteiger partial charge is 0.341 e. The van der Waals surface area contributed by atoms with Gasteiger partial charge in [-0.05, 0) is 6.42 Å². The van der Waals surface area contributed by atoms with Gasteiger partial charge >= 0.3 is 29.6 Å². The van der Waals surface area contributed by atoms with E-state index in [-0.39, 0.29) is 29.6 Å². The van der Waals surface area contributed by atoms with Crippen molar-refractivity contribution in [2.24, 2.45) is 11.5 Å². The van der Waals surface area contributed by atoms with E-state index in [1.807, 2.05) is 6.42 Å². The topological polar surface area (TPSA) is 52.0 Å². The van der Waals surface area contributed by atoms with E-state index in [4.69, 9.17) is 11.5 Å². The van der Waals surface area contributed by atoms with Crippen molar-refractivity contribution in [2.45, 2.75) is 89.6 Å². The average Bonchev–Trinajstić information content (AvgIpc) is 2.36. The van der Waals surface area contributed by atoms with Crippen LogP contribution in [-0.2, 0) is 0 Å². The molecule has 0 bridgehead atoms. The summed E-state index contributed by atoms with van der Waals surface area (Å²) in [5, 5.41) is 0. The van der Waals surface area contributed by atoms with Crippen molar-refractivity contribution in [1.29, 1.82) is 0 Å². The van der Waals surface area contributed by atoms with E-state index < -0.39 is 5.66 Å². The molecule has 0 saturated carbocycles. The van der Waals surface area contributed by atoms with Gasteiger partial charge in [0.05, 0.1) is 0 Å². The Labute approximate surface area is 149 Å². The second-order valence-electron chi connectivity index (χ2n) is 5.78. The van der Waals surface area contributed by atoms with Crippen LogP contribution in [0.5, 0.6) is 0 Å². The van der Waals surface area contributed by atoms with E-state index in [2.05, 4.69) is 13.5 Å². The second-order valence-corrected chi connectivity index (χ2v) is 5.78. The summed E-state index contributed by atoms with van der Waals surface area (Å²) in [5.41, 5.74) is 11.1. The molecule has 0 aliphatic rings. The number of unbranched alkanes of at least 4 members (excludes halogenated alkanes) is 10. The molecular formula is C17H35N2Na. The van der Waals surface area contributed by atoms with Crippen molar-refractivity contribution in [3.8, 4) is 0 Å². The molecule has 0 aromatic carbocycles. The molecule has 0 atom stereocenters. The Morgan fingerprint density at radius 3 is 1.80 bits per heavy atom. The molecule has 20 heavy (non-hydrogen) atoms. The van der Waals surface area contributed by atoms with E-state index in [0.717, 1.165) is 6.42 Å². The van der Waals surface area contributed by atoms with Gasteiger partial charge < -0.3 is 11.5 Å². The quantitative estimate of drug-likeness (QED) is 0.168. The first-order valence-electron chi connectivity index (χ1n) is 8.15. The van der Waals surface area contributed by atoms with Crippen molar-refractivity contribution in [3.05, 3.63) is 19.1 Å². The van der Waals surface area contributed by atoms with Crippen LogP contribution >= 0.6 is 0 Å². The first-order valence-corrected chi connectivity index (χ1v) is 8.15. The van der Waals surface area contributed by atoms with Crippen LogP contribution in [-0.4, -0.2) is 5.66 Å². The van der Waals surface area contributed by atoms with Crippen molar-refractivity contribution in [1.82, 2.24) is 0 Å². The molecule has 4 N–H and O–H groups in total. The summed E-state index contributed by atoms with van der Waals surface area (Å²) in [6.45, 7) is 5.94. The third kappa shape index (κ3) is 16.7. The van der Waals surface area contributed by atoms with Crippen molar-refractivity contribution in [2.75, 3.05) is 0 Å². The average molecular weight is 290 g/mol. The van der Waals surface area contributed by atoms with Gasteiger partial charge in [-0.25, -0.2) is 0 Å². The molecule has 0 heterocycles. The summed E-state index contributed by atoms with van der Waals surface area (Å²) in [6, 6.07) is 0. The fourth-order valence-corrected chi connectivity index (χ4v) is 2.34. The second kappa shape index (κ2) is 16.0. The van der Waals surface area contributed by atoms with Crippen LogP contribution in [0.2, 0.25) is 0 Å². The Morgan fingerprint density at radius 1 is 0.900 bits per heavy atom. The Morgan fingerprint density at radius 2 is 1.35 bits per heavy atom. The van der Waals surface area contributed by atoms with Gasteiger partial charge in [-0.15, -0.1) is 6.58 Å². The number of rotatable bonds is 14. The van der Waals surface area contributed by atoms with Gasteiger partial charge in [0.15, 0.2) is 0 Å². The molecule has 0 unspecified atom stereocenters. The minimum atomic E-state index is -0.652. The monoisotopic (exact) mass is 290 g/mol. The van der Waals surface area contributed by atoms with Crippen molar-refractivity contribution < 1.29 is 29.6 Å². The van der Waals surface area contributed by atoms with Crippen molar-refractivity contribution >= 4 is 0 Å². The SMILES string of the molecule is C=CCC(N)(N)[CH-]CCCCCCCCCCCC.[Na+]. The standard InChI is InChI=1S/C17H35N2.Na/c1-3-5-6-7-8-9-10-11-12-13-14-16-17(18,19)15-4-2;/h4,16H,2-3,5-15,18-19H2,1H3;/q-1;+1. The Hall–Kier alpha value is 0.660. The molecule has 0 aromatic heterocycles. The van der Waals surface area contributed by atoms with E-state index in [1.165, 1.54) is 64.2 Å². The zero-order chi connectivity index (χ0) is 14.4. The number of hydrogen-bond donors (Lipinski definition) is 2. The van der Waals surface area contributed by atoms with Crippen molar-refractivity contribution in [3.63, 3.8) is 0 Å². The van der Waals surface area contributed by atoms with Crippen LogP contribution in [0, 0.1) is 6.42 Å². The third-order valence-electron chi connectivity index (χ3n) is 3.58. The number of hydrogen-bond acceptors (Lipinski definition) is 2. The summed E-state index contributed by atoms with van der Waals surface area (Å²) in [4.78, 5) is 0. The van der Waals surface area contributed by atoms with E-state index in [9.17, 15) is 0 Å². The molecule has 114 valence electrons. The van der Waals surface area contributed by atoms with Crippen LogP contribution in [0.4, 0.5) is 0 Å². The van der Waals surface area contributed by atoms with Gasteiger partial charge in [0, 0.05) is 0 Å². The minimum absolute atomic E-state index is 0. The fraction of sp³-hybridized carbons (Fsp3) is 0.824. The molecule has 3 heteroatoms. The van der Waals surface area contributed by atoms with E-state index in [1.54, 1.807) is 6.08 Å². The molecular weight excluding hydrogens is 255 g/mol. The Balaban J connectivity index is 0. The maximum atomic E-state index is 5.90. The maximum Gasteiger partial charge on any atom is 1.00 e. The summed E-state index contributed by atoms with van der Waals surface area (Å²) >= 11 is 0. The predicted molar refractivity (Wildman–Crippen MR) is 86.7 cm³/mol. The summed E-state index contributed by atoms with van der Waals surface area (Å²) in [7, 11) is 0. The Bertz CT molecular complexity index is 205. The Kier molecular flexibility index (Phi) is 18.4. The number of nitrogens with two attached hydrogens (primary N) is 2. The molecule has 0 aliphatic heterocycles.